The maximum Gasteiger partial charge on any atom is 0.326 e. The molecule has 71 heavy (non-hydrogen) atoms. The van der Waals surface area contributed by atoms with Crippen LogP contribution in [0.1, 0.15) is 112 Å². The molecule has 1 aromatic heterocycles. The van der Waals surface area contributed by atoms with Crippen LogP contribution >= 0.6 is 0 Å². The number of nitrogens with two attached hydrogens (primary N) is 1. The van der Waals surface area contributed by atoms with E-state index in [0.717, 1.165) is 10.9 Å². The number of para-hydroxylation sites is 1. The Morgan fingerprint density at radius 3 is 1.42 bits per heavy atom. The number of carbonyl (C=O) groups excluding carboxylic acids is 7. The first kappa shape index (κ1) is 60.5. The second kappa shape index (κ2) is 29.5. The summed E-state index contributed by atoms with van der Waals surface area (Å²) in [4.78, 5) is 135. The summed E-state index contributed by atoms with van der Waals surface area (Å²) >= 11 is 0. The molecular formula is C48H75N9O14. The lowest BCUT2D eigenvalue weighted by molar-refractivity contribution is -0.143. The van der Waals surface area contributed by atoms with Gasteiger partial charge in [0, 0.05) is 36.4 Å². The van der Waals surface area contributed by atoms with Gasteiger partial charge < -0.3 is 68.4 Å². The van der Waals surface area contributed by atoms with Crippen LogP contribution in [0, 0.1) is 23.7 Å². The lowest BCUT2D eigenvalue weighted by Gasteiger charge is -2.31. The third-order valence-corrected chi connectivity index (χ3v) is 12.1. The van der Waals surface area contributed by atoms with E-state index in [0.29, 0.717) is 18.4 Å². The Balaban J connectivity index is 2.43. The van der Waals surface area contributed by atoms with Crippen LogP contribution in [0.2, 0.25) is 0 Å². The van der Waals surface area contributed by atoms with Gasteiger partial charge in [0.25, 0.3) is 0 Å². The molecule has 10 unspecified atom stereocenters. The van der Waals surface area contributed by atoms with Crippen molar-refractivity contribution in [2.45, 2.75) is 162 Å². The van der Waals surface area contributed by atoms with E-state index in [1.54, 1.807) is 67.7 Å². The maximum atomic E-state index is 14.3. The van der Waals surface area contributed by atoms with Gasteiger partial charge in [-0.3, -0.25) is 43.2 Å². The third-order valence-electron chi connectivity index (χ3n) is 12.1. The van der Waals surface area contributed by atoms with Crippen LogP contribution in [0.5, 0.6) is 0 Å². The normalized spacial score (nSPS) is 15.6. The molecule has 1 aromatic carbocycles. The zero-order valence-electron chi connectivity index (χ0n) is 41.8. The molecule has 0 radical (unpaired) electrons. The first-order chi connectivity index (χ1) is 33.3. The Kier molecular flexibility index (Phi) is 25.2. The fraction of sp³-hybridized carbons (Fsp3) is 0.625. The minimum absolute atomic E-state index is 0.00161. The van der Waals surface area contributed by atoms with Crippen molar-refractivity contribution in [1.82, 2.24) is 42.2 Å². The summed E-state index contributed by atoms with van der Waals surface area (Å²) in [6, 6.07) is -3.80. The minimum atomic E-state index is -1.58. The van der Waals surface area contributed by atoms with Crippen molar-refractivity contribution in [1.29, 1.82) is 0 Å². The summed E-state index contributed by atoms with van der Waals surface area (Å²) < 4.78 is 0. The number of aliphatic carboxylic acids is 3. The van der Waals surface area contributed by atoms with Gasteiger partial charge in [0.05, 0.1) is 6.61 Å². The highest BCUT2D eigenvalue weighted by Gasteiger charge is 2.37. The van der Waals surface area contributed by atoms with Gasteiger partial charge in [-0.1, -0.05) is 86.4 Å². The van der Waals surface area contributed by atoms with Crippen LogP contribution in [-0.4, -0.2) is 140 Å². The molecule has 0 spiro atoms. The standard InChI is InChI=1S/C48H75N9O14/c1-9-26(7)39(57-47(69)40(27(8)10-2)56-45(67)36(53-41(63)30(49)23-58)21-28-22-50-31-14-12-11-13-29(28)31)46(68)51-32(15-17-37(59)60)42(64)54-35(20-25(5)6)44(66)55-34(19-24(3)4)43(65)52-33(48(70)71)16-18-38(61)62/h11-14,22,24-27,30,32-36,39-40,50,58H,9-10,15-21,23,49H2,1-8H3,(H,51,68)(H,52,65)(H,53,63)(H,54,64)(H,55,66)(H,56,67)(H,57,69)(H,59,60)(H,61,62)(H,70,71). The highest BCUT2D eigenvalue weighted by Crippen LogP contribution is 2.20. The zero-order valence-corrected chi connectivity index (χ0v) is 41.8. The van der Waals surface area contributed by atoms with Crippen LogP contribution in [0.4, 0.5) is 0 Å². The molecular weight excluding hydrogens is 927 g/mol. The van der Waals surface area contributed by atoms with Crippen molar-refractivity contribution in [2.75, 3.05) is 6.61 Å². The SMILES string of the molecule is CCC(C)C(NC(=O)C(Cc1c[nH]c2ccccc12)NC(=O)C(N)CO)C(=O)NC(C(=O)NC(CCC(=O)O)C(=O)NC(CC(C)C)C(=O)NC(CC(C)C)C(=O)NC(CCC(=O)O)C(=O)O)C(C)CC. The Hall–Kier alpha value is -6.62. The van der Waals surface area contributed by atoms with Crippen molar-refractivity contribution in [2.24, 2.45) is 29.4 Å². The van der Waals surface area contributed by atoms with E-state index in [-0.39, 0.29) is 31.1 Å². The molecule has 0 aliphatic carbocycles. The number of carboxylic acid groups (broad SMARTS) is 3. The van der Waals surface area contributed by atoms with E-state index in [1.165, 1.54) is 0 Å². The van der Waals surface area contributed by atoms with Gasteiger partial charge in [-0.15, -0.1) is 0 Å². The van der Waals surface area contributed by atoms with Crippen LogP contribution in [0.3, 0.4) is 0 Å². The number of amides is 7. The van der Waals surface area contributed by atoms with E-state index in [9.17, 15) is 63.3 Å². The number of H-pyrrole nitrogens is 1. The van der Waals surface area contributed by atoms with Gasteiger partial charge in [0.15, 0.2) is 0 Å². The largest absolute Gasteiger partial charge is 0.481 e. The van der Waals surface area contributed by atoms with E-state index in [4.69, 9.17) is 10.8 Å². The van der Waals surface area contributed by atoms with E-state index in [2.05, 4.69) is 42.2 Å². The zero-order chi connectivity index (χ0) is 53.7. The number of carboxylic acids is 3. The van der Waals surface area contributed by atoms with Crippen LogP contribution < -0.4 is 43.0 Å². The predicted octanol–water partition coefficient (Wildman–Crippen LogP) is 0.422. The molecule has 7 amide bonds. The number of hydrogen-bond acceptors (Lipinski definition) is 12. The highest BCUT2D eigenvalue weighted by molar-refractivity contribution is 5.98. The number of aliphatic hydroxyl groups excluding tert-OH is 1. The van der Waals surface area contributed by atoms with Crippen molar-refractivity contribution < 1.29 is 68.4 Å². The summed E-state index contributed by atoms with van der Waals surface area (Å²) in [5.41, 5.74) is 7.21. The Morgan fingerprint density at radius 2 is 0.958 bits per heavy atom. The molecule has 2 aromatic rings. The van der Waals surface area contributed by atoms with Gasteiger partial charge in [-0.2, -0.15) is 0 Å². The number of nitrogens with one attached hydrogen (secondary N) is 8. The fourth-order valence-corrected chi connectivity index (χ4v) is 7.54. The second-order valence-corrected chi connectivity index (χ2v) is 18.9. The van der Waals surface area contributed by atoms with E-state index in [1.807, 2.05) is 18.2 Å². The number of carbonyl (C=O) groups is 10. The smallest absolute Gasteiger partial charge is 0.326 e. The number of rotatable bonds is 32. The van der Waals surface area contributed by atoms with Crippen molar-refractivity contribution in [3.8, 4) is 0 Å². The third kappa shape index (κ3) is 20.0. The monoisotopic (exact) mass is 1000 g/mol. The Bertz CT molecular complexity index is 2160. The summed E-state index contributed by atoms with van der Waals surface area (Å²) in [6.07, 6.45) is 0.312. The Labute approximate surface area is 413 Å². The first-order valence-electron chi connectivity index (χ1n) is 24.0. The summed E-state index contributed by atoms with van der Waals surface area (Å²) in [5.74, 6) is -11.6. The fourth-order valence-electron chi connectivity index (χ4n) is 7.54. The molecule has 0 fully saturated rings. The number of aliphatic hydroxyl groups is 1. The summed E-state index contributed by atoms with van der Waals surface area (Å²) in [7, 11) is 0. The van der Waals surface area contributed by atoms with Crippen LogP contribution in [0.15, 0.2) is 30.5 Å². The van der Waals surface area contributed by atoms with Crippen molar-refractivity contribution >= 4 is 70.2 Å². The Morgan fingerprint density at radius 1 is 0.549 bits per heavy atom. The van der Waals surface area contributed by atoms with Crippen LogP contribution in [0.25, 0.3) is 10.9 Å². The number of fused-ring (bicyclic) bond motifs is 1. The molecule has 0 aliphatic heterocycles. The average Bonchev–Trinajstić information content (AvgIpc) is 3.72. The van der Waals surface area contributed by atoms with Gasteiger partial charge in [0.2, 0.25) is 41.4 Å². The van der Waals surface area contributed by atoms with Gasteiger partial charge in [0.1, 0.15) is 48.3 Å². The quantitative estimate of drug-likeness (QED) is 0.0473. The average molecular weight is 1000 g/mol. The summed E-state index contributed by atoms with van der Waals surface area (Å²) in [5, 5.41) is 56.6. The van der Waals surface area contributed by atoms with Crippen LogP contribution in [-0.2, 0) is 54.4 Å². The first-order valence-corrected chi connectivity index (χ1v) is 24.0. The number of benzene rings is 1. The molecule has 14 N–H and O–H groups in total. The molecule has 2 rings (SSSR count). The molecule has 1 heterocycles. The van der Waals surface area contributed by atoms with Crippen molar-refractivity contribution in [3.05, 3.63) is 36.0 Å². The van der Waals surface area contributed by atoms with Gasteiger partial charge in [-0.05, 0) is 61.0 Å². The molecule has 23 heteroatoms. The number of aromatic nitrogens is 1. The van der Waals surface area contributed by atoms with Gasteiger partial charge in [-0.25, -0.2) is 4.79 Å². The lowest BCUT2D eigenvalue weighted by Crippen LogP contribution is -2.62. The second-order valence-electron chi connectivity index (χ2n) is 18.9. The molecule has 396 valence electrons. The molecule has 0 aliphatic rings. The minimum Gasteiger partial charge on any atom is -0.481 e. The van der Waals surface area contributed by atoms with Crippen molar-refractivity contribution in [3.63, 3.8) is 0 Å². The molecule has 10 atom stereocenters. The molecule has 0 bridgehead atoms. The highest BCUT2D eigenvalue weighted by atomic mass is 16.4. The maximum absolute atomic E-state index is 14.3. The topological polar surface area (TPSA) is 378 Å². The molecule has 23 nitrogen and oxygen atoms in total. The molecule has 0 saturated carbocycles. The number of aromatic amines is 1. The number of hydrogen-bond donors (Lipinski definition) is 13. The lowest BCUT2D eigenvalue weighted by atomic mass is 9.94. The van der Waals surface area contributed by atoms with E-state index >= 15 is 0 Å². The predicted molar refractivity (Wildman–Crippen MR) is 260 cm³/mol. The summed E-state index contributed by atoms with van der Waals surface area (Å²) in [6.45, 7) is 13.1. The van der Waals surface area contributed by atoms with Gasteiger partial charge >= 0.3 is 17.9 Å². The molecule has 0 saturated heterocycles. The van der Waals surface area contributed by atoms with E-state index < -0.39 is 152 Å².